The van der Waals surface area contributed by atoms with Crippen molar-refractivity contribution in [2.24, 2.45) is 10.1 Å². The van der Waals surface area contributed by atoms with Crippen LogP contribution in [0, 0.1) is 5.82 Å². The van der Waals surface area contributed by atoms with Crippen LogP contribution in [0.5, 0.6) is 0 Å². The van der Waals surface area contributed by atoms with E-state index in [1.165, 1.54) is 6.07 Å². The number of benzene rings is 1. The predicted molar refractivity (Wildman–Crippen MR) is 94.4 cm³/mol. The molecule has 0 amide bonds. The van der Waals surface area contributed by atoms with Crippen LogP contribution in [0.2, 0.25) is 0 Å². The molecule has 0 heterocycles. The van der Waals surface area contributed by atoms with E-state index >= 15 is 0 Å². The molecule has 0 aliphatic carbocycles. The van der Waals surface area contributed by atoms with Crippen molar-refractivity contribution in [3.63, 3.8) is 0 Å². The highest BCUT2D eigenvalue weighted by Gasteiger charge is 2.04. The van der Waals surface area contributed by atoms with E-state index in [1.807, 2.05) is 6.92 Å². The van der Waals surface area contributed by atoms with E-state index in [2.05, 4.69) is 31.6 Å². The molecule has 0 saturated carbocycles. The van der Waals surface area contributed by atoms with Gasteiger partial charge in [-0.05, 0) is 37.5 Å². The van der Waals surface area contributed by atoms with Crippen molar-refractivity contribution >= 4 is 31.9 Å². The number of aryl methyl sites for hydroxylation is 1. The van der Waals surface area contributed by atoms with Gasteiger partial charge in [0.15, 0.2) is 5.96 Å². The van der Waals surface area contributed by atoms with Crippen molar-refractivity contribution in [3.8, 4) is 0 Å². The maximum atomic E-state index is 13.7. The zero-order valence-corrected chi connectivity index (χ0v) is 15.4. The summed E-state index contributed by atoms with van der Waals surface area (Å²) in [4.78, 5) is 4.32. The van der Waals surface area contributed by atoms with Gasteiger partial charge in [-0.2, -0.15) is 0 Å². The average molecular weight is 409 g/mol. The molecule has 0 unspecified atom stereocenters. The number of hydrogen-bond donors (Lipinski definition) is 3. The summed E-state index contributed by atoms with van der Waals surface area (Å²) in [6, 6.07) is 5.00. The van der Waals surface area contributed by atoms with Crippen LogP contribution in [0.4, 0.5) is 4.39 Å². The second-order valence-electron chi connectivity index (χ2n) is 4.89. The van der Waals surface area contributed by atoms with Crippen molar-refractivity contribution < 1.29 is 12.8 Å². The average Bonchev–Trinajstić information content (AvgIpc) is 2.44. The summed E-state index contributed by atoms with van der Waals surface area (Å²) in [7, 11) is -3.50. The quantitative estimate of drug-likeness (QED) is 0.343. The Kier molecular flexibility index (Phi) is 8.49. The second kappa shape index (κ2) is 9.84. The summed E-state index contributed by atoms with van der Waals surface area (Å²) >= 11 is 3.22. The Morgan fingerprint density at radius 3 is 2.74 bits per heavy atom. The highest BCUT2D eigenvalue weighted by molar-refractivity contribution is 9.10. The molecule has 0 spiro atoms. The topological polar surface area (TPSA) is 96.6 Å². The lowest BCUT2D eigenvalue weighted by atomic mass is 10.1. The number of rotatable bonds is 8. The van der Waals surface area contributed by atoms with Crippen molar-refractivity contribution in [1.82, 2.24) is 10.6 Å². The second-order valence-corrected chi connectivity index (χ2v) is 7.54. The molecule has 4 N–H and O–H groups in total. The molecular formula is C14H22BrFN4O2S. The Labute approximate surface area is 144 Å². The summed E-state index contributed by atoms with van der Waals surface area (Å²) in [5.41, 5.74) is 0.649. The molecule has 23 heavy (non-hydrogen) atoms. The summed E-state index contributed by atoms with van der Waals surface area (Å²) in [5, 5.41) is 10.8. The number of nitrogens with two attached hydrogens (primary N) is 1. The van der Waals surface area contributed by atoms with Gasteiger partial charge in [0, 0.05) is 24.1 Å². The van der Waals surface area contributed by atoms with Crippen molar-refractivity contribution in [2.75, 3.05) is 25.4 Å². The van der Waals surface area contributed by atoms with E-state index < -0.39 is 10.0 Å². The lowest BCUT2D eigenvalue weighted by molar-refractivity contribution is 0.596. The maximum Gasteiger partial charge on any atom is 0.210 e. The van der Waals surface area contributed by atoms with E-state index in [4.69, 9.17) is 5.14 Å². The minimum atomic E-state index is -3.50. The Morgan fingerprint density at radius 1 is 1.39 bits per heavy atom. The van der Waals surface area contributed by atoms with E-state index in [1.54, 1.807) is 12.1 Å². The van der Waals surface area contributed by atoms with Crippen LogP contribution in [-0.4, -0.2) is 39.8 Å². The molecule has 0 aliphatic heterocycles. The van der Waals surface area contributed by atoms with Gasteiger partial charge in [-0.25, -0.2) is 17.9 Å². The first-order valence-corrected chi connectivity index (χ1v) is 9.79. The molecular weight excluding hydrogens is 387 g/mol. The molecule has 0 aromatic heterocycles. The molecule has 0 atom stereocenters. The van der Waals surface area contributed by atoms with Crippen LogP contribution in [0.15, 0.2) is 27.7 Å². The van der Waals surface area contributed by atoms with Gasteiger partial charge in [-0.15, -0.1) is 0 Å². The number of sulfonamides is 1. The maximum absolute atomic E-state index is 13.7. The molecule has 0 radical (unpaired) electrons. The third kappa shape index (κ3) is 8.87. The zero-order valence-electron chi connectivity index (χ0n) is 13.0. The van der Waals surface area contributed by atoms with Crippen LogP contribution in [0.1, 0.15) is 18.9 Å². The van der Waals surface area contributed by atoms with E-state index in [0.717, 1.165) is 0 Å². The highest BCUT2D eigenvalue weighted by atomic mass is 79.9. The summed E-state index contributed by atoms with van der Waals surface area (Å²) in [6.07, 6.45) is 1.27. The van der Waals surface area contributed by atoms with Gasteiger partial charge in [-0.1, -0.05) is 22.0 Å². The Hall–Kier alpha value is -1.19. The molecule has 0 fully saturated rings. The molecule has 9 heteroatoms. The zero-order chi connectivity index (χ0) is 17.3. The fourth-order valence-corrected chi connectivity index (χ4v) is 2.56. The number of guanidine groups is 1. The molecule has 130 valence electrons. The third-order valence-electron chi connectivity index (χ3n) is 2.91. The molecule has 0 aliphatic rings. The number of aliphatic imine (C=N–C) groups is 1. The van der Waals surface area contributed by atoms with Gasteiger partial charge in [-0.3, -0.25) is 4.99 Å². The minimum Gasteiger partial charge on any atom is -0.357 e. The highest BCUT2D eigenvalue weighted by Crippen LogP contribution is 2.16. The first kappa shape index (κ1) is 19.9. The van der Waals surface area contributed by atoms with Crippen LogP contribution in [0.25, 0.3) is 0 Å². The fourth-order valence-electron chi connectivity index (χ4n) is 1.84. The Morgan fingerprint density at radius 2 is 2.13 bits per heavy atom. The first-order chi connectivity index (χ1) is 10.8. The number of primary sulfonamides is 1. The molecule has 1 aromatic rings. The SMILES string of the molecule is CCNC(=NCCCc1ccc(Br)cc1F)NCCS(N)(=O)=O. The third-order valence-corrected chi connectivity index (χ3v) is 4.18. The predicted octanol–water partition coefficient (Wildman–Crippen LogP) is 1.36. The fraction of sp³-hybridized carbons (Fsp3) is 0.500. The standard InChI is InChI=1S/C14H22BrFN4O2S/c1-2-18-14(20-8-9-23(17,21)22)19-7-3-4-11-5-6-12(15)10-13(11)16/h5-6,10H,2-4,7-9H2,1H3,(H2,17,21,22)(H2,18,19,20). The lowest BCUT2D eigenvalue weighted by Crippen LogP contribution is -2.40. The Balaban J connectivity index is 2.44. The number of halogens is 2. The van der Waals surface area contributed by atoms with Gasteiger partial charge < -0.3 is 10.6 Å². The van der Waals surface area contributed by atoms with E-state index in [0.29, 0.717) is 41.9 Å². The molecule has 6 nitrogen and oxygen atoms in total. The van der Waals surface area contributed by atoms with Crippen LogP contribution in [0.3, 0.4) is 0 Å². The van der Waals surface area contributed by atoms with Crippen LogP contribution < -0.4 is 15.8 Å². The number of nitrogens with zero attached hydrogens (tertiary/aromatic N) is 1. The van der Waals surface area contributed by atoms with E-state index in [-0.39, 0.29) is 18.1 Å². The molecule has 0 saturated heterocycles. The smallest absolute Gasteiger partial charge is 0.210 e. The van der Waals surface area contributed by atoms with E-state index in [9.17, 15) is 12.8 Å². The summed E-state index contributed by atoms with van der Waals surface area (Å²) in [6.45, 7) is 3.25. The lowest BCUT2D eigenvalue weighted by Gasteiger charge is -2.10. The monoisotopic (exact) mass is 408 g/mol. The molecule has 0 bridgehead atoms. The number of nitrogens with one attached hydrogen (secondary N) is 2. The van der Waals surface area contributed by atoms with Gasteiger partial charge in [0.25, 0.3) is 0 Å². The van der Waals surface area contributed by atoms with Crippen LogP contribution >= 0.6 is 15.9 Å². The molecule has 1 rings (SSSR count). The minimum absolute atomic E-state index is 0.165. The van der Waals surface area contributed by atoms with Gasteiger partial charge >= 0.3 is 0 Å². The van der Waals surface area contributed by atoms with Crippen molar-refractivity contribution in [3.05, 3.63) is 34.1 Å². The molecule has 1 aromatic carbocycles. The van der Waals surface area contributed by atoms with Crippen molar-refractivity contribution in [2.45, 2.75) is 19.8 Å². The summed E-state index contributed by atoms with van der Waals surface area (Å²) < 4.78 is 36.2. The Bertz CT molecular complexity index is 638. The van der Waals surface area contributed by atoms with Crippen LogP contribution in [-0.2, 0) is 16.4 Å². The van der Waals surface area contributed by atoms with Crippen molar-refractivity contribution in [1.29, 1.82) is 0 Å². The number of hydrogen-bond acceptors (Lipinski definition) is 3. The largest absolute Gasteiger partial charge is 0.357 e. The van der Waals surface area contributed by atoms with Gasteiger partial charge in [0.05, 0.1) is 5.75 Å². The first-order valence-electron chi connectivity index (χ1n) is 7.28. The van der Waals surface area contributed by atoms with Gasteiger partial charge in [0.1, 0.15) is 5.82 Å². The summed E-state index contributed by atoms with van der Waals surface area (Å²) in [5.74, 6) is 0.121. The van der Waals surface area contributed by atoms with Gasteiger partial charge in [0.2, 0.25) is 10.0 Å². The normalized spacial score (nSPS) is 12.3.